The van der Waals surface area contributed by atoms with Crippen LogP contribution in [0.2, 0.25) is 0 Å². The molecular formula is C22H25N3. The van der Waals surface area contributed by atoms with E-state index < -0.39 is 0 Å². The van der Waals surface area contributed by atoms with E-state index in [0.717, 1.165) is 19.4 Å². The summed E-state index contributed by atoms with van der Waals surface area (Å²) in [6.45, 7) is 5.51. The molecule has 0 N–H and O–H groups in total. The summed E-state index contributed by atoms with van der Waals surface area (Å²) in [6.07, 6.45) is 6.19. The van der Waals surface area contributed by atoms with Crippen LogP contribution in [0, 0.1) is 0 Å². The number of rotatable bonds is 3. The number of aryl methyl sites for hydroxylation is 2. The molecule has 1 aliphatic heterocycles. The van der Waals surface area contributed by atoms with Crippen molar-refractivity contribution in [2.75, 3.05) is 4.90 Å². The van der Waals surface area contributed by atoms with Crippen molar-refractivity contribution >= 4 is 5.69 Å². The molecule has 2 heterocycles. The lowest BCUT2D eigenvalue weighted by molar-refractivity contribution is 0.594. The molecule has 1 aliphatic rings. The van der Waals surface area contributed by atoms with Crippen LogP contribution in [0.1, 0.15) is 30.5 Å². The second-order valence-electron chi connectivity index (χ2n) is 7.09. The number of fused-ring (bicyclic) bond motifs is 1. The summed E-state index contributed by atoms with van der Waals surface area (Å²) in [5.74, 6) is 0. The molecule has 0 saturated heterocycles. The largest absolute Gasteiger partial charge is 0.364 e. The Kier molecular flexibility index (Phi) is 4.08. The van der Waals surface area contributed by atoms with Gasteiger partial charge in [-0.05, 0) is 54.2 Å². The Bertz CT molecular complexity index is 877. The first kappa shape index (κ1) is 15.9. The minimum absolute atomic E-state index is 0.504. The van der Waals surface area contributed by atoms with Gasteiger partial charge in [0.25, 0.3) is 0 Å². The third kappa shape index (κ3) is 3.07. The Hall–Kier alpha value is -2.55. The molecule has 0 fully saturated rings. The lowest BCUT2D eigenvalue weighted by Gasteiger charge is -2.37. The summed E-state index contributed by atoms with van der Waals surface area (Å²) < 4.78 is 1.86. The maximum atomic E-state index is 4.29. The molecule has 1 aromatic heterocycles. The molecular weight excluding hydrogens is 306 g/mol. The van der Waals surface area contributed by atoms with Crippen LogP contribution in [-0.4, -0.2) is 15.8 Å². The predicted molar refractivity (Wildman–Crippen MR) is 104 cm³/mol. The third-order valence-electron chi connectivity index (χ3n) is 5.31. The van der Waals surface area contributed by atoms with Gasteiger partial charge in [0.1, 0.15) is 0 Å². The van der Waals surface area contributed by atoms with Gasteiger partial charge in [0.05, 0.1) is 6.20 Å². The van der Waals surface area contributed by atoms with Gasteiger partial charge >= 0.3 is 0 Å². The van der Waals surface area contributed by atoms with Gasteiger partial charge in [0.15, 0.2) is 0 Å². The minimum atomic E-state index is 0.504. The Morgan fingerprint density at radius 1 is 1.04 bits per heavy atom. The molecule has 1 unspecified atom stereocenters. The summed E-state index contributed by atoms with van der Waals surface area (Å²) in [6, 6.07) is 16.4. The average molecular weight is 331 g/mol. The van der Waals surface area contributed by atoms with Crippen molar-refractivity contribution in [1.82, 2.24) is 9.78 Å². The molecule has 3 nitrogen and oxygen atoms in total. The van der Waals surface area contributed by atoms with Gasteiger partial charge in [-0.3, -0.25) is 4.68 Å². The van der Waals surface area contributed by atoms with Gasteiger partial charge in [-0.2, -0.15) is 5.10 Å². The van der Waals surface area contributed by atoms with E-state index in [1.54, 1.807) is 0 Å². The van der Waals surface area contributed by atoms with Crippen LogP contribution in [-0.2, 0) is 26.4 Å². The summed E-state index contributed by atoms with van der Waals surface area (Å²) in [5.41, 5.74) is 8.08. The quantitative estimate of drug-likeness (QED) is 0.699. The van der Waals surface area contributed by atoms with Crippen LogP contribution in [0.3, 0.4) is 0 Å². The van der Waals surface area contributed by atoms with Crippen molar-refractivity contribution < 1.29 is 0 Å². The lowest BCUT2D eigenvalue weighted by atomic mass is 9.91. The summed E-state index contributed by atoms with van der Waals surface area (Å²) >= 11 is 0. The molecule has 0 aliphatic carbocycles. The van der Waals surface area contributed by atoms with Crippen molar-refractivity contribution in [3.8, 4) is 11.1 Å². The standard InChI is InChI=1S/C22H25N3/c1-4-17-5-9-22(10-6-17)25-15-19-8-7-18(12-20(19)11-16(25)2)21-13-23-24(3)14-21/h5-10,12-14,16H,4,11,15H2,1-3H3. The molecule has 128 valence electrons. The van der Waals surface area contributed by atoms with E-state index in [2.05, 4.69) is 72.5 Å². The Balaban J connectivity index is 1.62. The van der Waals surface area contributed by atoms with Gasteiger partial charge in [-0.1, -0.05) is 37.3 Å². The summed E-state index contributed by atoms with van der Waals surface area (Å²) in [4.78, 5) is 2.52. The zero-order valence-electron chi connectivity index (χ0n) is 15.2. The number of benzene rings is 2. The Labute approximate surface area is 149 Å². The monoisotopic (exact) mass is 331 g/mol. The Morgan fingerprint density at radius 2 is 1.84 bits per heavy atom. The number of nitrogens with zero attached hydrogens (tertiary/aromatic N) is 3. The minimum Gasteiger partial charge on any atom is -0.364 e. The van der Waals surface area contributed by atoms with Gasteiger partial charge in [-0.25, -0.2) is 0 Å². The molecule has 1 atom stereocenters. The molecule has 4 rings (SSSR count). The molecule has 3 aromatic rings. The molecule has 0 radical (unpaired) electrons. The highest BCUT2D eigenvalue weighted by molar-refractivity contribution is 5.64. The third-order valence-corrected chi connectivity index (χ3v) is 5.31. The van der Waals surface area contributed by atoms with Crippen LogP contribution in [0.15, 0.2) is 54.9 Å². The normalized spacial score (nSPS) is 16.8. The zero-order chi connectivity index (χ0) is 17.4. The number of hydrogen-bond acceptors (Lipinski definition) is 2. The lowest BCUT2D eigenvalue weighted by Crippen LogP contribution is -2.38. The van der Waals surface area contributed by atoms with E-state index in [-0.39, 0.29) is 0 Å². The number of aromatic nitrogens is 2. The molecule has 0 spiro atoms. The van der Waals surface area contributed by atoms with Crippen LogP contribution in [0.5, 0.6) is 0 Å². The van der Waals surface area contributed by atoms with Gasteiger partial charge < -0.3 is 4.90 Å². The molecule has 2 aromatic carbocycles. The van der Waals surface area contributed by atoms with Crippen LogP contribution in [0.25, 0.3) is 11.1 Å². The molecule has 0 amide bonds. The first-order valence-electron chi connectivity index (χ1n) is 9.10. The van der Waals surface area contributed by atoms with E-state index in [9.17, 15) is 0 Å². The summed E-state index contributed by atoms with van der Waals surface area (Å²) in [7, 11) is 1.96. The second-order valence-corrected chi connectivity index (χ2v) is 7.09. The highest BCUT2D eigenvalue weighted by Crippen LogP contribution is 2.31. The number of hydrogen-bond donors (Lipinski definition) is 0. The fourth-order valence-electron chi connectivity index (χ4n) is 3.76. The topological polar surface area (TPSA) is 21.1 Å². The average Bonchev–Trinajstić information content (AvgIpc) is 3.07. The van der Waals surface area contributed by atoms with Crippen LogP contribution >= 0.6 is 0 Å². The van der Waals surface area contributed by atoms with Crippen molar-refractivity contribution in [3.05, 3.63) is 71.5 Å². The molecule has 3 heteroatoms. The molecule has 0 saturated carbocycles. The van der Waals surface area contributed by atoms with Gasteiger partial charge in [-0.15, -0.1) is 0 Å². The van der Waals surface area contributed by atoms with E-state index in [1.807, 2.05) is 17.9 Å². The Morgan fingerprint density at radius 3 is 2.52 bits per heavy atom. The van der Waals surface area contributed by atoms with Crippen molar-refractivity contribution in [2.24, 2.45) is 7.05 Å². The van der Waals surface area contributed by atoms with E-state index in [0.29, 0.717) is 6.04 Å². The highest BCUT2D eigenvalue weighted by Gasteiger charge is 2.23. The van der Waals surface area contributed by atoms with Crippen molar-refractivity contribution in [2.45, 2.75) is 39.3 Å². The smallest absolute Gasteiger partial charge is 0.0568 e. The zero-order valence-corrected chi connectivity index (χ0v) is 15.2. The van der Waals surface area contributed by atoms with Crippen molar-refractivity contribution in [3.63, 3.8) is 0 Å². The van der Waals surface area contributed by atoms with E-state index in [4.69, 9.17) is 0 Å². The van der Waals surface area contributed by atoms with Gasteiger partial charge in [0.2, 0.25) is 0 Å². The fraction of sp³-hybridized carbons (Fsp3) is 0.318. The van der Waals surface area contributed by atoms with Gasteiger partial charge in [0, 0.05) is 37.1 Å². The maximum absolute atomic E-state index is 4.29. The number of anilines is 1. The molecule has 25 heavy (non-hydrogen) atoms. The highest BCUT2D eigenvalue weighted by atomic mass is 15.2. The van der Waals surface area contributed by atoms with E-state index >= 15 is 0 Å². The first-order valence-corrected chi connectivity index (χ1v) is 9.10. The van der Waals surface area contributed by atoms with Crippen LogP contribution in [0.4, 0.5) is 5.69 Å². The van der Waals surface area contributed by atoms with Crippen molar-refractivity contribution in [1.29, 1.82) is 0 Å². The summed E-state index contributed by atoms with van der Waals surface area (Å²) in [5, 5.41) is 4.29. The van der Waals surface area contributed by atoms with Crippen LogP contribution < -0.4 is 4.90 Å². The first-order chi connectivity index (χ1) is 12.1. The fourth-order valence-corrected chi connectivity index (χ4v) is 3.76. The molecule has 0 bridgehead atoms. The SMILES string of the molecule is CCc1ccc(N2Cc3ccc(-c4cnn(C)c4)cc3CC2C)cc1. The predicted octanol–water partition coefficient (Wildman–Crippen LogP) is 4.60. The maximum Gasteiger partial charge on any atom is 0.0568 e. The van der Waals surface area contributed by atoms with E-state index in [1.165, 1.54) is 33.5 Å². The second kappa shape index (κ2) is 6.40.